The van der Waals surface area contributed by atoms with Crippen molar-refractivity contribution in [3.05, 3.63) is 36.2 Å². The van der Waals surface area contributed by atoms with Crippen LogP contribution in [0.1, 0.15) is 36.7 Å². The maximum Gasteiger partial charge on any atom is 0.134 e. The van der Waals surface area contributed by atoms with Gasteiger partial charge < -0.3 is 10.2 Å². The molecule has 2 aliphatic rings. The summed E-state index contributed by atoms with van der Waals surface area (Å²) in [4.78, 5) is 19.8. The predicted octanol–water partition coefficient (Wildman–Crippen LogP) is 2.14. The molecule has 114 valence electrons. The second kappa shape index (κ2) is 5.51. The van der Waals surface area contributed by atoms with Crippen LogP contribution < -0.4 is 10.2 Å². The van der Waals surface area contributed by atoms with Crippen molar-refractivity contribution in [3.63, 3.8) is 0 Å². The Balaban J connectivity index is 1.39. The van der Waals surface area contributed by atoms with Crippen LogP contribution in [0.3, 0.4) is 0 Å². The Hall–Kier alpha value is -2.24. The highest BCUT2D eigenvalue weighted by molar-refractivity contribution is 5.46. The third-order valence-electron chi connectivity index (χ3n) is 4.47. The fraction of sp³-hybridized carbons (Fsp3) is 0.500. The average molecular weight is 296 g/mol. The second-order valence-corrected chi connectivity index (χ2v) is 6.19. The Morgan fingerprint density at radius 3 is 2.77 bits per heavy atom. The lowest BCUT2D eigenvalue weighted by atomic mass is 9.85. The number of hydrogen-bond acceptors (Lipinski definition) is 6. The van der Waals surface area contributed by atoms with Crippen LogP contribution in [0.2, 0.25) is 0 Å². The molecule has 1 N–H and O–H groups in total. The first-order valence-corrected chi connectivity index (χ1v) is 7.91. The van der Waals surface area contributed by atoms with E-state index in [1.165, 1.54) is 19.3 Å². The molecular weight excluding hydrogens is 276 g/mol. The number of nitrogens with zero attached hydrogens (tertiary/aromatic N) is 5. The predicted molar refractivity (Wildman–Crippen MR) is 85.0 cm³/mol. The Labute approximate surface area is 130 Å². The largest absolute Gasteiger partial charge is 0.364 e. The fourth-order valence-corrected chi connectivity index (χ4v) is 2.95. The van der Waals surface area contributed by atoms with Crippen LogP contribution >= 0.6 is 0 Å². The first-order chi connectivity index (χ1) is 10.8. The molecule has 3 heterocycles. The van der Waals surface area contributed by atoms with Crippen LogP contribution in [0.25, 0.3) is 0 Å². The van der Waals surface area contributed by atoms with E-state index in [0.717, 1.165) is 36.2 Å². The Morgan fingerprint density at radius 1 is 1.23 bits per heavy atom. The molecule has 1 saturated heterocycles. The SMILES string of the molecule is Cc1cc(NC2CN(c3ccncn3)C2)nc(C2CCC2)n1. The molecule has 2 fully saturated rings. The van der Waals surface area contributed by atoms with E-state index in [0.29, 0.717) is 12.0 Å². The molecule has 4 rings (SSSR count). The monoisotopic (exact) mass is 296 g/mol. The summed E-state index contributed by atoms with van der Waals surface area (Å²) in [6, 6.07) is 4.40. The molecular formula is C16H20N6. The molecule has 1 saturated carbocycles. The van der Waals surface area contributed by atoms with Crippen LogP contribution in [0.5, 0.6) is 0 Å². The molecule has 0 amide bonds. The van der Waals surface area contributed by atoms with Crippen molar-refractivity contribution < 1.29 is 0 Å². The van der Waals surface area contributed by atoms with Crippen molar-refractivity contribution >= 4 is 11.6 Å². The van der Waals surface area contributed by atoms with Crippen LogP contribution in [-0.4, -0.2) is 39.1 Å². The van der Waals surface area contributed by atoms with Gasteiger partial charge >= 0.3 is 0 Å². The molecule has 0 atom stereocenters. The first kappa shape index (κ1) is 13.4. The Kier molecular flexibility index (Phi) is 3.36. The molecule has 0 aromatic carbocycles. The minimum atomic E-state index is 0.415. The van der Waals surface area contributed by atoms with Crippen molar-refractivity contribution in [1.29, 1.82) is 0 Å². The van der Waals surface area contributed by atoms with Gasteiger partial charge in [0.25, 0.3) is 0 Å². The zero-order chi connectivity index (χ0) is 14.9. The smallest absolute Gasteiger partial charge is 0.134 e. The molecule has 0 bridgehead atoms. The van der Waals surface area contributed by atoms with Gasteiger partial charge in [-0.05, 0) is 25.8 Å². The van der Waals surface area contributed by atoms with Crippen molar-refractivity contribution in [1.82, 2.24) is 19.9 Å². The van der Waals surface area contributed by atoms with Gasteiger partial charge in [-0.15, -0.1) is 0 Å². The van der Waals surface area contributed by atoms with E-state index in [2.05, 4.69) is 25.2 Å². The Bertz CT molecular complexity index is 649. The summed E-state index contributed by atoms with van der Waals surface area (Å²) in [5.74, 6) is 3.53. The summed E-state index contributed by atoms with van der Waals surface area (Å²) in [6.45, 7) is 3.93. The summed E-state index contributed by atoms with van der Waals surface area (Å²) in [5.41, 5.74) is 1.05. The van der Waals surface area contributed by atoms with Gasteiger partial charge in [0, 0.05) is 37.0 Å². The summed E-state index contributed by atoms with van der Waals surface area (Å²) in [7, 11) is 0. The van der Waals surface area contributed by atoms with Gasteiger partial charge in [-0.3, -0.25) is 0 Å². The van der Waals surface area contributed by atoms with E-state index in [9.17, 15) is 0 Å². The molecule has 2 aromatic rings. The van der Waals surface area contributed by atoms with Gasteiger partial charge in [0.05, 0.1) is 6.04 Å². The van der Waals surface area contributed by atoms with E-state index in [4.69, 9.17) is 4.98 Å². The van der Waals surface area contributed by atoms with E-state index < -0.39 is 0 Å². The number of hydrogen-bond donors (Lipinski definition) is 1. The van der Waals surface area contributed by atoms with Crippen LogP contribution in [-0.2, 0) is 0 Å². The van der Waals surface area contributed by atoms with E-state index in [1.807, 2.05) is 19.1 Å². The maximum absolute atomic E-state index is 4.71. The second-order valence-electron chi connectivity index (χ2n) is 6.19. The molecule has 6 heteroatoms. The molecule has 6 nitrogen and oxygen atoms in total. The van der Waals surface area contributed by atoms with Crippen molar-refractivity contribution in [2.24, 2.45) is 0 Å². The van der Waals surface area contributed by atoms with Crippen LogP contribution in [0.15, 0.2) is 24.7 Å². The minimum absolute atomic E-state index is 0.415. The lowest BCUT2D eigenvalue weighted by molar-refractivity contribution is 0.400. The normalized spacial score (nSPS) is 18.7. The summed E-state index contributed by atoms with van der Waals surface area (Å²) < 4.78 is 0. The molecule has 22 heavy (non-hydrogen) atoms. The van der Waals surface area contributed by atoms with E-state index >= 15 is 0 Å². The topological polar surface area (TPSA) is 66.8 Å². The molecule has 2 aromatic heterocycles. The summed E-state index contributed by atoms with van der Waals surface area (Å²) in [6.07, 6.45) is 7.14. The zero-order valence-electron chi connectivity index (χ0n) is 12.7. The highest BCUT2D eigenvalue weighted by Crippen LogP contribution is 2.34. The van der Waals surface area contributed by atoms with Gasteiger partial charge in [0.15, 0.2) is 0 Å². The molecule has 0 unspecified atom stereocenters. The highest BCUT2D eigenvalue weighted by Gasteiger charge is 2.28. The van der Waals surface area contributed by atoms with Gasteiger partial charge in [-0.25, -0.2) is 19.9 Å². The minimum Gasteiger partial charge on any atom is -0.364 e. The number of aromatic nitrogens is 4. The highest BCUT2D eigenvalue weighted by atomic mass is 15.3. The van der Waals surface area contributed by atoms with Crippen LogP contribution in [0, 0.1) is 6.92 Å². The third kappa shape index (κ3) is 2.61. The van der Waals surface area contributed by atoms with Gasteiger partial charge in [-0.1, -0.05) is 6.42 Å². The van der Waals surface area contributed by atoms with Gasteiger partial charge in [0.2, 0.25) is 0 Å². The molecule has 0 radical (unpaired) electrons. The summed E-state index contributed by atoms with van der Waals surface area (Å²) in [5, 5.41) is 3.53. The number of aryl methyl sites for hydroxylation is 1. The number of anilines is 2. The van der Waals surface area contributed by atoms with E-state index in [-0.39, 0.29) is 0 Å². The lowest BCUT2D eigenvalue weighted by Gasteiger charge is -2.40. The number of rotatable bonds is 4. The van der Waals surface area contributed by atoms with Crippen molar-refractivity contribution in [2.75, 3.05) is 23.3 Å². The van der Waals surface area contributed by atoms with Crippen molar-refractivity contribution in [2.45, 2.75) is 38.1 Å². The van der Waals surface area contributed by atoms with Crippen LogP contribution in [0.4, 0.5) is 11.6 Å². The number of nitrogens with one attached hydrogen (secondary N) is 1. The maximum atomic E-state index is 4.71. The van der Waals surface area contributed by atoms with Gasteiger partial charge in [-0.2, -0.15) is 0 Å². The fourth-order valence-electron chi connectivity index (χ4n) is 2.95. The lowest BCUT2D eigenvalue weighted by Crippen LogP contribution is -2.55. The van der Waals surface area contributed by atoms with Gasteiger partial charge in [0.1, 0.15) is 23.8 Å². The summed E-state index contributed by atoms with van der Waals surface area (Å²) >= 11 is 0. The zero-order valence-corrected chi connectivity index (χ0v) is 12.7. The molecule has 1 aliphatic carbocycles. The average Bonchev–Trinajstić information content (AvgIpc) is 2.41. The quantitative estimate of drug-likeness (QED) is 0.932. The third-order valence-corrected chi connectivity index (χ3v) is 4.47. The Morgan fingerprint density at radius 2 is 2.09 bits per heavy atom. The van der Waals surface area contributed by atoms with Crippen molar-refractivity contribution in [3.8, 4) is 0 Å². The van der Waals surface area contributed by atoms with E-state index in [1.54, 1.807) is 12.5 Å². The standard InChI is InChI=1S/C16H20N6/c1-11-7-14(21-16(19-11)12-3-2-4-12)20-13-8-22(9-13)15-5-6-17-10-18-15/h5-7,10,12-13H,2-4,8-9H2,1H3,(H,19,20,21). The molecule has 1 aliphatic heterocycles. The first-order valence-electron chi connectivity index (χ1n) is 7.91. The molecule has 0 spiro atoms.